The number of aliphatic carboxylic acids is 2. The van der Waals surface area contributed by atoms with Crippen LogP contribution in [0.5, 0.6) is 5.75 Å². The van der Waals surface area contributed by atoms with Crippen LogP contribution in [0, 0.1) is 0 Å². The first-order valence-electron chi connectivity index (χ1n) is 10.1. The second-order valence-electron chi connectivity index (χ2n) is 7.17. The highest BCUT2D eigenvalue weighted by molar-refractivity contribution is 6.27. The van der Waals surface area contributed by atoms with Crippen LogP contribution in [-0.4, -0.2) is 71.8 Å². The van der Waals surface area contributed by atoms with Crippen molar-refractivity contribution in [3.05, 3.63) is 65.7 Å². The van der Waals surface area contributed by atoms with Crippen LogP contribution in [-0.2, 0) is 22.6 Å². The van der Waals surface area contributed by atoms with Crippen molar-refractivity contribution in [2.75, 3.05) is 39.8 Å². The molecule has 1 heterocycles. The lowest BCUT2D eigenvalue weighted by Crippen LogP contribution is -2.46. The lowest BCUT2D eigenvalue weighted by atomic mass is 10.1. The first-order valence-corrected chi connectivity index (χ1v) is 10.1. The maximum Gasteiger partial charge on any atom is 0.414 e. The number of piperazine rings is 1. The van der Waals surface area contributed by atoms with Gasteiger partial charge in [0.1, 0.15) is 5.75 Å². The van der Waals surface area contributed by atoms with Crippen molar-refractivity contribution in [1.29, 1.82) is 0 Å². The Kier molecular flexibility index (Phi) is 9.83. The monoisotopic (exact) mass is 414 g/mol. The van der Waals surface area contributed by atoms with Gasteiger partial charge in [0, 0.05) is 32.7 Å². The Morgan fingerprint density at radius 3 is 1.93 bits per heavy atom. The third kappa shape index (κ3) is 8.63. The predicted octanol–water partition coefficient (Wildman–Crippen LogP) is 2.60. The summed E-state index contributed by atoms with van der Waals surface area (Å²) in [5, 5.41) is 14.8. The van der Waals surface area contributed by atoms with Crippen molar-refractivity contribution in [1.82, 2.24) is 9.80 Å². The van der Waals surface area contributed by atoms with Crippen LogP contribution in [0.4, 0.5) is 0 Å². The van der Waals surface area contributed by atoms with Crippen molar-refractivity contribution < 1.29 is 24.5 Å². The van der Waals surface area contributed by atoms with Crippen molar-refractivity contribution >= 4 is 11.9 Å². The van der Waals surface area contributed by atoms with E-state index in [2.05, 4.69) is 64.4 Å². The van der Waals surface area contributed by atoms with Gasteiger partial charge in [-0.3, -0.25) is 4.90 Å². The van der Waals surface area contributed by atoms with E-state index in [1.54, 1.807) is 7.11 Å². The fourth-order valence-corrected chi connectivity index (χ4v) is 3.31. The number of aryl methyl sites for hydroxylation is 1. The zero-order valence-corrected chi connectivity index (χ0v) is 17.4. The average Bonchev–Trinajstić information content (AvgIpc) is 2.77. The maximum absolute atomic E-state index is 9.10. The number of hydrogen-bond acceptors (Lipinski definition) is 5. The molecule has 0 spiro atoms. The molecule has 1 fully saturated rings. The van der Waals surface area contributed by atoms with Crippen LogP contribution in [0.1, 0.15) is 17.5 Å². The minimum Gasteiger partial charge on any atom is -0.497 e. The van der Waals surface area contributed by atoms with E-state index in [1.165, 1.54) is 43.6 Å². The van der Waals surface area contributed by atoms with Gasteiger partial charge in [0.15, 0.2) is 0 Å². The number of ether oxygens (including phenoxy) is 1. The number of methoxy groups -OCH3 is 1. The Labute approximate surface area is 177 Å². The summed E-state index contributed by atoms with van der Waals surface area (Å²) in [7, 11) is 1.71. The number of benzene rings is 2. The van der Waals surface area contributed by atoms with Gasteiger partial charge in [-0.1, -0.05) is 42.5 Å². The molecule has 1 saturated heterocycles. The minimum atomic E-state index is -1.82. The summed E-state index contributed by atoms with van der Waals surface area (Å²) < 4.78 is 5.22. The molecule has 0 bridgehead atoms. The Hall–Kier alpha value is -2.90. The molecule has 0 radical (unpaired) electrons. The Bertz CT molecular complexity index is 760. The molecule has 0 aromatic heterocycles. The number of rotatable bonds is 7. The first kappa shape index (κ1) is 23.4. The van der Waals surface area contributed by atoms with E-state index in [-0.39, 0.29) is 0 Å². The molecule has 0 amide bonds. The molecular formula is C23H30N2O5. The Balaban J connectivity index is 0.000000469. The number of carboxylic acids is 2. The summed E-state index contributed by atoms with van der Waals surface area (Å²) in [5.74, 6) is -2.72. The highest BCUT2D eigenvalue weighted by Gasteiger charge is 2.16. The maximum atomic E-state index is 9.10. The molecule has 0 unspecified atom stereocenters. The minimum absolute atomic E-state index is 0.932. The molecule has 30 heavy (non-hydrogen) atoms. The smallest absolute Gasteiger partial charge is 0.414 e. The van der Waals surface area contributed by atoms with Gasteiger partial charge < -0.3 is 19.8 Å². The highest BCUT2D eigenvalue weighted by Crippen LogP contribution is 2.14. The van der Waals surface area contributed by atoms with E-state index in [0.717, 1.165) is 25.4 Å². The highest BCUT2D eigenvalue weighted by atomic mass is 16.5. The summed E-state index contributed by atoms with van der Waals surface area (Å²) >= 11 is 0. The van der Waals surface area contributed by atoms with Crippen molar-refractivity contribution in [2.45, 2.75) is 19.4 Å². The summed E-state index contributed by atoms with van der Waals surface area (Å²) in [4.78, 5) is 23.4. The van der Waals surface area contributed by atoms with Crippen molar-refractivity contribution in [2.24, 2.45) is 0 Å². The van der Waals surface area contributed by atoms with Gasteiger partial charge in [-0.15, -0.1) is 0 Å². The Morgan fingerprint density at radius 2 is 1.40 bits per heavy atom. The van der Waals surface area contributed by atoms with E-state index in [4.69, 9.17) is 24.5 Å². The molecule has 3 rings (SSSR count). The normalized spacial score (nSPS) is 14.4. The molecule has 7 heteroatoms. The van der Waals surface area contributed by atoms with Crippen LogP contribution in [0.3, 0.4) is 0 Å². The zero-order chi connectivity index (χ0) is 21.8. The lowest BCUT2D eigenvalue weighted by Gasteiger charge is -2.34. The molecule has 0 atom stereocenters. The van der Waals surface area contributed by atoms with Crippen LogP contribution < -0.4 is 4.74 Å². The zero-order valence-electron chi connectivity index (χ0n) is 17.4. The van der Waals surface area contributed by atoms with Gasteiger partial charge in [-0.05, 0) is 42.6 Å². The van der Waals surface area contributed by atoms with Crippen LogP contribution in [0.15, 0.2) is 54.6 Å². The number of carbonyl (C=O) groups is 2. The molecule has 7 nitrogen and oxygen atoms in total. The summed E-state index contributed by atoms with van der Waals surface area (Å²) in [6, 6.07) is 19.3. The van der Waals surface area contributed by atoms with Gasteiger partial charge >= 0.3 is 11.9 Å². The number of carboxylic acid groups (broad SMARTS) is 2. The van der Waals surface area contributed by atoms with E-state index >= 15 is 0 Å². The van der Waals surface area contributed by atoms with E-state index in [1.807, 2.05) is 0 Å². The van der Waals surface area contributed by atoms with Crippen molar-refractivity contribution in [3.63, 3.8) is 0 Å². The fourth-order valence-electron chi connectivity index (χ4n) is 3.31. The Morgan fingerprint density at radius 1 is 0.833 bits per heavy atom. The average molecular weight is 415 g/mol. The van der Waals surface area contributed by atoms with E-state index < -0.39 is 11.9 Å². The van der Waals surface area contributed by atoms with Gasteiger partial charge in [0.2, 0.25) is 0 Å². The summed E-state index contributed by atoms with van der Waals surface area (Å²) in [6.07, 6.45) is 2.44. The molecule has 0 saturated carbocycles. The molecule has 2 aromatic rings. The standard InChI is InChI=1S/C21H28N2O.C2H2O4/c1-24-21-11-9-20(10-12-21)18-23-16-14-22(15-17-23)13-5-8-19-6-3-2-4-7-19;3-1(4)2(5)6/h2-4,6-7,9-12H,5,8,13-18H2,1H3;(H,3,4)(H,5,6). The molecule has 162 valence electrons. The van der Waals surface area contributed by atoms with Gasteiger partial charge in [0.05, 0.1) is 7.11 Å². The van der Waals surface area contributed by atoms with Crippen molar-refractivity contribution in [3.8, 4) is 5.75 Å². The third-order valence-corrected chi connectivity index (χ3v) is 5.00. The van der Waals surface area contributed by atoms with E-state index in [0.29, 0.717) is 0 Å². The quantitative estimate of drug-likeness (QED) is 0.673. The topological polar surface area (TPSA) is 90.3 Å². The molecular weight excluding hydrogens is 384 g/mol. The predicted molar refractivity (Wildman–Crippen MR) is 115 cm³/mol. The molecule has 1 aliphatic rings. The fraction of sp³-hybridized carbons (Fsp3) is 0.391. The van der Waals surface area contributed by atoms with E-state index in [9.17, 15) is 0 Å². The van der Waals surface area contributed by atoms with Gasteiger partial charge in [-0.25, -0.2) is 9.59 Å². The second-order valence-corrected chi connectivity index (χ2v) is 7.17. The number of nitrogens with zero attached hydrogens (tertiary/aromatic N) is 2. The second kappa shape index (κ2) is 12.6. The SMILES string of the molecule is COc1ccc(CN2CCN(CCCc3ccccc3)CC2)cc1.O=C(O)C(=O)O. The molecule has 0 aliphatic carbocycles. The molecule has 2 aromatic carbocycles. The summed E-state index contributed by atoms with van der Waals surface area (Å²) in [6.45, 7) is 6.96. The molecule has 2 N–H and O–H groups in total. The van der Waals surface area contributed by atoms with Gasteiger partial charge in [0.25, 0.3) is 0 Å². The van der Waals surface area contributed by atoms with Crippen LogP contribution >= 0.6 is 0 Å². The molecule has 1 aliphatic heterocycles. The third-order valence-electron chi connectivity index (χ3n) is 5.00. The lowest BCUT2D eigenvalue weighted by molar-refractivity contribution is -0.159. The number of hydrogen-bond donors (Lipinski definition) is 2. The summed E-state index contributed by atoms with van der Waals surface area (Å²) in [5.41, 5.74) is 2.82. The van der Waals surface area contributed by atoms with Gasteiger partial charge in [-0.2, -0.15) is 0 Å². The first-order chi connectivity index (χ1) is 14.5. The largest absolute Gasteiger partial charge is 0.497 e. The van der Waals surface area contributed by atoms with Crippen LogP contribution in [0.2, 0.25) is 0 Å². The van der Waals surface area contributed by atoms with Crippen LogP contribution in [0.25, 0.3) is 0 Å².